The van der Waals surface area contributed by atoms with Crippen molar-refractivity contribution in [2.45, 2.75) is 38.6 Å². The van der Waals surface area contributed by atoms with Crippen molar-refractivity contribution in [3.8, 4) is 0 Å². The van der Waals surface area contributed by atoms with Crippen LogP contribution in [0.1, 0.15) is 49.8 Å². The fourth-order valence-electron chi connectivity index (χ4n) is 2.79. The number of benzene rings is 1. The summed E-state index contributed by atoms with van der Waals surface area (Å²) in [5.74, 6) is 0. The third-order valence-electron chi connectivity index (χ3n) is 3.78. The summed E-state index contributed by atoms with van der Waals surface area (Å²) in [7, 11) is 0. The molecule has 0 bridgehead atoms. The van der Waals surface area contributed by atoms with Gasteiger partial charge in [0.05, 0.1) is 0 Å². The van der Waals surface area contributed by atoms with Gasteiger partial charge in [-0.25, -0.2) is 0 Å². The highest BCUT2D eigenvalue weighted by atomic mass is 15.2. The molecular formula is C16H23N. The minimum atomic E-state index is 0.606. The van der Waals surface area contributed by atoms with E-state index in [1.54, 1.807) is 0 Å². The summed E-state index contributed by atoms with van der Waals surface area (Å²) < 4.78 is 0. The number of hydrogen-bond acceptors (Lipinski definition) is 1. The molecule has 92 valence electrons. The Morgan fingerprint density at radius 2 is 1.82 bits per heavy atom. The van der Waals surface area contributed by atoms with E-state index in [2.05, 4.69) is 42.7 Å². The van der Waals surface area contributed by atoms with Gasteiger partial charge in [-0.1, -0.05) is 50.3 Å². The lowest BCUT2D eigenvalue weighted by atomic mass is 9.98. The predicted molar refractivity (Wildman–Crippen MR) is 75.0 cm³/mol. The maximum atomic E-state index is 3.81. The molecule has 1 atom stereocenters. The molecule has 1 aliphatic heterocycles. The Morgan fingerprint density at radius 3 is 2.35 bits per heavy atom. The van der Waals surface area contributed by atoms with Gasteiger partial charge in [0.1, 0.15) is 0 Å². The Morgan fingerprint density at radius 1 is 1.18 bits per heavy atom. The number of nitrogens with zero attached hydrogens (tertiary/aromatic N) is 1. The lowest BCUT2D eigenvalue weighted by Gasteiger charge is -2.34. The summed E-state index contributed by atoms with van der Waals surface area (Å²) in [5, 5.41) is 0. The summed E-state index contributed by atoms with van der Waals surface area (Å²) in [4.78, 5) is 2.65. The van der Waals surface area contributed by atoms with Crippen LogP contribution in [-0.2, 0) is 0 Å². The van der Waals surface area contributed by atoms with E-state index in [0.29, 0.717) is 6.04 Å². The highest BCUT2D eigenvalue weighted by Crippen LogP contribution is 2.27. The normalized spacial score (nSPS) is 18.9. The molecule has 0 N–H and O–H groups in total. The van der Waals surface area contributed by atoms with Crippen LogP contribution in [0.2, 0.25) is 0 Å². The van der Waals surface area contributed by atoms with Crippen LogP contribution >= 0.6 is 0 Å². The molecule has 0 radical (unpaired) electrons. The molecule has 1 heterocycles. The van der Waals surface area contributed by atoms with Crippen LogP contribution in [0.15, 0.2) is 30.8 Å². The largest absolute Gasteiger partial charge is 0.296 e. The summed E-state index contributed by atoms with van der Waals surface area (Å²) in [5.41, 5.74) is 2.67. The maximum absolute atomic E-state index is 3.81. The van der Waals surface area contributed by atoms with Gasteiger partial charge in [-0.15, -0.1) is 0 Å². The molecular weight excluding hydrogens is 206 g/mol. The SMILES string of the molecule is C=Cc1ccc(C(CC)N2CCCCC2)cc1. The van der Waals surface area contributed by atoms with Crippen molar-refractivity contribution in [2.75, 3.05) is 13.1 Å². The highest BCUT2D eigenvalue weighted by molar-refractivity contribution is 5.47. The van der Waals surface area contributed by atoms with Crippen molar-refractivity contribution in [2.24, 2.45) is 0 Å². The monoisotopic (exact) mass is 229 g/mol. The molecule has 0 aromatic heterocycles. The molecule has 1 saturated heterocycles. The van der Waals surface area contributed by atoms with E-state index in [-0.39, 0.29) is 0 Å². The Hall–Kier alpha value is -1.08. The second-order valence-electron chi connectivity index (χ2n) is 4.89. The van der Waals surface area contributed by atoms with Crippen LogP contribution in [0.25, 0.3) is 6.08 Å². The third kappa shape index (κ3) is 2.98. The van der Waals surface area contributed by atoms with Gasteiger partial charge in [0, 0.05) is 6.04 Å². The molecule has 1 aromatic carbocycles. The lowest BCUT2D eigenvalue weighted by molar-refractivity contribution is 0.159. The van der Waals surface area contributed by atoms with Gasteiger partial charge < -0.3 is 0 Å². The van der Waals surface area contributed by atoms with E-state index in [4.69, 9.17) is 0 Å². The van der Waals surface area contributed by atoms with Crippen LogP contribution in [0.5, 0.6) is 0 Å². The molecule has 1 unspecified atom stereocenters. The summed E-state index contributed by atoms with van der Waals surface area (Å²) in [6.07, 6.45) is 7.24. The quantitative estimate of drug-likeness (QED) is 0.745. The van der Waals surface area contributed by atoms with Crippen LogP contribution < -0.4 is 0 Å². The van der Waals surface area contributed by atoms with Crippen LogP contribution in [0, 0.1) is 0 Å². The van der Waals surface area contributed by atoms with Gasteiger partial charge >= 0.3 is 0 Å². The first kappa shape index (κ1) is 12.4. The van der Waals surface area contributed by atoms with Crippen molar-refractivity contribution in [1.29, 1.82) is 0 Å². The number of rotatable bonds is 4. The van der Waals surface area contributed by atoms with Gasteiger partial charge in [-0.3, -0.25) is 4.90 Å². The zero-order valence-electron chi connectivity index (χ0n) is 10.9. The summed E-state index contributed by atoms with van der Waals surface area (Å²) in [6, 6.07) is 9.48. The Kier molecular flexibility index (Phi) is 4.38. The second kappa shape index (κ2) is 6.02. The zero-order chi connectivity index (χ0) is 12.1. The molecule has 1 nitrogen and oxygen atoms in total. The van der Waals surface area contributed by atoms with Crippen molar-refractivity contribution in [1.82, 2.24) is 4.90 Å². The lowest BCUT2D eigenvalue weighted by Crippen LogP contribution is -2.33. The fraction of sp³-hybridized carbons (Fsp3) is 0.500. The van der Waals surface area contributed by atoms with Crippen LogP contribution in [0.4, 0.5) is 0 Å². The number of piperidine rings is 1. The highest BCUT2D eigenvalue weighted by Gasteiger charge is 2.20. The summed E-state index contributed by atoms with van der Waals surface area (Å²) in [6.45, 7) is 8.63. The van der Waals surface area contributed by atoms with Crippen molar-refractivity contribution in [3.63, 3.8) is 0 Å². The van der Waals surface area contributed by atoms with Gasteiger partial charge in [0.15, 0.2) is 0 Å². The molecule has 2 rings (SSSR count). The molecule has 0 spiro atoms. The fourth-order valence-corrected chi connectivity index (χ4v) is 2.79. The first-order valence-electron chi connectivity index (χ1n) is 6.81. The van der Waals surface area contributed by atoms with Crippen molar-refractivity contribution >= 4 is 6.08 Å². The van der Waals surface area contributed by atoms with Crippen LogP contribution in [0.3, 0.4) is 0 Å². The van der Waals surface area contributed by atoms with E-state index in [9.17, 15) is 0 Å². The minimum Gasteiger partial charge on any atom is -0.296 e. The Balaban J connectivity index is 2.12. The Bertz CT molecular complexity index is 346. The third-order valence-corrected chi connectivity index (χ3v) is 3.78. The number of likely N-dealkylation sites (tertiary alicyclic amines) is 1. The number of hydrogen-bond donors (Lipinski definition) is 0. The van der Waals surface area contributed by atoms with Gasteiger partial charge in [0.25, 0.3) is 0 Å². The molecule has 1 aromatic rings. The van der Waals surface area contributed by atoms with E-state index in [1.165, 1.54) is 49.9 Å². The smallest absolute Gasteiger partial charge is 0.0345 e. The van der Waals surface area contributed by atoms with Gasteiger partial charge in [-0.05, 0) is 43.5 Å². The average Bonchev–Trinajstić information content (AvgIpc) is 2.42. The second-order valence-corrected chi connectivity index (χ2v) is 4.89. The Labute approximate surface area is 105 Å². The van der Waals surface area contributed by atoms with Crippen molar-refractivity contribution in [3.05, 3.63) is 42.0 Å². The zero-order valence-corrected chi connectivity index (χ0v) is 10.9. The summed E-state index contributed by atoms with van der Waals surface area (Å²) >= 11 is 0. The van der Waals surface area contributed by atoms with E-state index in [0.717, 1.165) is 0 Å². The van der Waals surface area contributed by atoms with Crippen LogP contribution in [-0.4, -0.2) is 18.0 Å². The molecule has 0 saturated carbocycles. The van der Waals surface area contributed by atoms with Gasteiger partial charge in [0.2, 0.25) is 0 Å². The van der Waals surface area contributed by atoms with E-state index < -0.39 is 0 Å². The standard InChI is InChI=1S/C16H23N/c1-3-14-8-10-15(11-9-14)16(4-2)17-12-6-5-7-13-17/h3,8-11,16H,1,4-7,12-13H2,2H3. The topological polar surface area (TPSA) is 3.24 Å². The van der Waals surface area contributed by atoms with Crippen molar-refractivity contribution < 1.29 is 0 Å². The molecule has 1 aliphatic rings. The molecule has 0 aliphatic carbocycles. The van der Waals surface area contributed by atoms with E-state index >= 15 is 0 Å². The molecule has 1 heteroatoms. The molecule has 0 amide bonds. The maximum Gasteiger partial charge on any atom is 0.0345 e. The minimum absolute atomic E-state index is 0.606. The first-order chi connectivity index (χ1) is 8.35. The average molecular weight is 229 g/mol. The van der Waals surface area contributed by atoms with E-state index in [1.807, 2.05) is 6.08 Å². The molecule has 17 heavy (non-hydrogen) atoms. The predicted octanol–water partition coefficient (Wildman–Crippen LogP) is 4.27. The first-order valence-corrected chi connectivity index (χ1v) is 6.81. The van der Waals surface area contributed by atoms with Gasteiger partial charge in [-0.2, -0.15) is 0 Å². The molecule has 1 fully saturated rings.